The van der Waals surface area contributed by atoms with Crippen molar-refractivity contribution < 1.29 is 9.18 Å². The SMILES string of the molecule is Cc1cccc(C(=O)Nc2ncc(Cc3ccc(F)cc3)s2)n1. The van der Waals surface area contributed by atoms with Gasteiger partial charge in [-0.15, -0.1) is 11.3 Å². The van der Waals surface area contributed by atoms with Crippen LogP contribution < -0.4 is 5.32 Å². The number of thiazole rings is 1. The maximum absolute atomic E-state index is 12.9. The van der Waals surface area contributed by atoms with Crippen molar-refractivity contribution in [2.45, 2.75) is 13.3 Å². The number of rotatable bonds is 4. The van der Waals surface area contributed by atoms with Gasteiger partial charge in [0.15, 0.2) is 5.13 Å². The van der Waals surface area contributed by atoms with Gasteiger partial charge >= 0.3 is 0 Å². The van der Waals surface area contributed by atoms with E-state index in [1.54, 1.807) is 30.5 Å². The van der Waals surface area contributed by atoms with Crippen LogP contribution in [0.1, 0.15) is 26.6 Å². The summed E-state index contributed by atoms with van der Waals surface area (Å²) < 4.78 is 12.9. The van der Waals surface area contributed by atoms with Crippen LogP contribution in [0.25, 0.3) is 0 Å². The van der Waals surface area contributed by atoms with Crippen LogP contribution in [0.4, 0.5) is 9.52 Å². The molecule has 0 aliphatic heterocycles. The van der Waals surface area contributed by atoms with E-state index in [-0.39, 0.29) is 11.7 Å². The molecule has 2 heterocycles. The van der Waals surface area contributed by atoms with E-state index in [2.05, 4.69) is 15.3 Å². The summed E-state index contributed by atoms with van der Waals surface area (Å²) in [4.78, 5) is 21.5. The molecule has 0 saturated heterocycles. The van der Waals surface area contributed by atoms with Gasteiger partial charge in [0.25, 0.3) is 5.91 Å². The first-order valence-electron chi connectivity index (χ1n) is 7.04. The van der Waals surface area contributed by atoms with Crippen molar-refractivity contribution in [3.8, 4) is 0 Å². The fourth-order valence-corrected chi connectivity index (χ4v) is 2.92. The number of nitrogens with one attached hydrogen (secondary N) is 1. The number of aromatic nitrogens is 2. The van der Waals surface area contributed by atoms with Crippen molar-refractivity contribution in [1.82, 2.24) is 9.97 Å². The molecule has 1 N–H and O–H groups in total. The molecule has 3 rings (SSSR count). The number of amides is 1. The van der Waals surface area contributed by atoms with Crippen molar-refractivity contribution in [2.75, 3.05) is 5.32 Å². The van der Waals surface area contributed by atoms with Crippen molar-refractivity contribution in [3.63, 3.8) is 0 Å². The first-order chi connectivity index (χ1) is 11.1. The number of aryl methyl sites for hydroxylation is 1. The first-order valence-corrected chi connectivity index (χ1v) is 7.86. The highest BCUT2D eigenvalue weighted by molar-refractivity contribution is 7.15. The maximum atomic E-state index is 12.9. The molecular weight excluding hydrogens is 313 g/mol. The third-order valence-electron chi connectivity index (χ3n) is 3.19. The third-order valence-corrected chi connectivity index (χ3v) is 4.10. The average Bonchev–Trinajstić information content (AvgIpc) is 2.96. The van der Waals surface area contributed by atoms with Gasteiger partial charge in [-0.05, 0) is 36.8 Å². The largest absolute Gasteiger partial charge is 0.296 e. The number of carbonyl (C=O) groups excluding carboxylic acids is 1. The fourth-order valence-electron chi connectivity index (χ4n) is 2.08. The monoisotopic (exact) mass is 327 g/mol. The van der Waals surface area contributed by atoms with E-state index in [1.165, 1.54) is 23.5 Å². The predicted octanol–water partition coefficient (Wildman–Crippen LogP) is 3.83. The van der Waals surface area contributed by atoms with Crippen molar-refractivity contribution in [2.24, 2.45) is 0 Å². The van der Waals surface area contributed by atoms with E-state index in [9.17, 15) is 9.18 Å². The smallest absolute Gasteiger partial charge is 0.276 e. The Hall–Kier alpha value is -2.60. The van der Waals surface area contributed by atoms with Crippen LogP contribution in [-0.4, -0.2) is 15.9 Å². The zero-order valence-corrected chi connectivity index (χ0v) is 13.2. The second-order valence-corrected chi connectivity index (χ2v) is 6.17. The molecule has 0 spiro atoms. The molecule has 1 aromatic carbocycles. The second-order valence-electron chi connectivity index (χ2n) is 5.05. The zero-order chi connectivity index (χ0) is 16.2. The van der Waals surface area contributed by atoms with Gasteiger partial charge in [0.05, 0.1) is 0 Å². The Balaban J connectivity index is 1.67. The van der Waals surface area contributed by atoms with E-state index >= 15 is 0 Å². The van der Waals surface area contributed by atoms with E-state index in [4.69, 9.17) is 0 Å². The highest BCUT2D eigenvalue weighted by Crippen LogP contribution is 2.21. The Labute approximate surface area is 137 Å². The number of benzene rings is 1. The minimum Gasteiger partial charge on any atom is -0.296 e. The van der Waals surface area contributed by atoms with Crippen molar-refractivity contribution >= 4 is 22.4 Å². The molecule has 0 aliphatic carbocycles. The van der Waals surface area contributed by atoms with Gasteiger partial charge in [-0.25, -0.2) is 14.4 Å². The Morgan fingerprint density at radius 1 is 1.22 bits per heavy atom. The molecule has 0 radical (unpaired) electrons. The third kappa shape index (κ3) is 3.98. The van der Waals surface area contributed by atoms with Crippen LogP contribution in [0.2, 0.25) is 0 Å². The molecule has 0 bridgehead atoms. The van der Waals surface area contributed by atoms with Gasteiger partial charge in [0.2, 0.25) is 0 Å². The lowest BCUT2D eigenvalue weighted by Crippen LogP contribution is -2.13. The van der Waals surface area contributed by atoms with Crippen LogP contribution in [0.3, 0.4) is 0 Å². The van der Waals surface area contributed by atoms with Gasteiger partial charge in [0.1, 0.15) is 11.5 Å². The maximum Gasteiger partial charge on any atom is 0.276 e. The summed E-state index contributed by atoms with van der Waals surface area (Å²) >= 11 is 1.39. The molecule has 0 atom stereocenters. The number of hydrogen-bond acceptors (Lipinski definition) is 4. The normalized spacial score (nSPS) is 10.5. The number of carbonyl (C=O) groups is 1. The Bertz CT molecular complexity index is 830. The Morgan fingerprint density at radius 2 is 2.00 bits per heavy atom. The number of anilines is 1. The Kier molecular flexibility index (Phi) is 4.43. The fraction of sp³-hybridized carbons (Fsp3) is 0.118. The predicted molar refractivity (Wildman–Crippen MR) is 88.2 cm³/mol. The lowest BCUT2D eigenvalue weighted by molar-refractivity contribution is 0.102. The van der Waals surface area contributed by atoms with E-state index < -0.39 is 0 Å². The minimum atomic E-state index is -0.281. The molecule has 0 fully saturated rings. The number of hydrogen-bond donors (Lipinski definition) is 1. The molecule has 2 aromatic heterocycles. The van der Waals surface area contributed by atoms with Gasteiger partial charge in [-0.3, -0.25) is 10.1 Å². The van der Waals surface area contributed by atoms with E-state index in [1.807, 2.05) is 13.0 Å². The topological polar surface area (TPSA) is 54.9 Å². The highest BCUT2D eigenvalue weighted by Gasteiger charge is 2.10. The summed E-state index contributed by atoms with van der Waals surface area (Å²) in [6.45, 7) is 1.83. The molecule has 23 heavy (non-hydrogen) atoms. The van der Waals surface area contributed by atoms with Crippen molar-refractivity contribution in [3.05, 3.63) is 76.3 Å². The molecule has 6 heteroatoms. The summed E-state index contributed by atoms with van der Waals surface area (Å²) in [6, 6.07) is 11.6. The molecule has 0 unspecified atom stereocenters. The first kappa shape index (κ1) is 15.3. The van der Waals surface area contributed by atoms with E-state index in [0.717, 1.165) is 16.1 Å². The average molecular weight is 327 g/mol. The van der Waals surface area contributed by atoms with Crippen LogP contribution in [0.5, 0.6) is 0 Å². The quantitative estimate of drug-likeness (QED) is 0.792. The standard InChI is InChI=1S/C17H14FN3OS/c1-11-3-2-4-15(20-11)16(22)21-17-19-10-14(23-17)9-12-5-7-13(18)8-6-12/h2-8,10H,9H2,1H3,(H,19,21,22). The Morgan fingerprint density at radius 3 is 2.74 bits per heavy atom. The van der Waals surface area contributed by atoms with Gasteiger partial charge in [-0.1, -0.05) is 18.2 Å². The molecule has 4 nitrogen and oxygen atoms in total. The number of pyridine rings is 1. The van der Waals surface area contributed by atoms with E-state index in [0.29, 0.717) is 17.2 Å². The summed E-state index contributed by atoms with van der Waals surface area (Å²) in [7, 11) is 0. The molecule has 3 aromatic rings. The van der Waals surface area contributed by atoms with Crippen LogP contribution in [-0.2, 0) is 6.42 Å². The molecule has 0 aliphatic rings. The van der Waals surface area contributed by atoms with Crippen molar-refractivity contribution in [1.29, 1.82) is 0 Å². The summed E-state index contributed by atoms with van der Waals surface area (Å²) in [6.07, 6.45) is 2.36. The van der Waals surface area contributed by atoms with Gasteiger partial charge in [-0.2, -0.15) is 0 Å². The number of nitrogens with zero attached hydrogens (tertiary/aromatic N) is 2. The summed E-state index contributed by atoms with van der Waals surface area (Å²) in [5, 5.41) is 3.27. The zero-order valence-electron chi connectivity index (χ0n) is 12.4. The van der Waals surface area contributed by atoms with Crippen LogP contribution in [0.15, 0.2) is 48.7 Å². The highest BCUT2D eigenvalue weighted by atomic mass is 32.1. The van der Waals surface area contributed by atoms with Gasteiger partial charge < -0.3 is 0 Å². The minimum absolute atomic E-state index is 0.253. The molecule has 0 saturated carbocycles. The lowest BCUT2D eigenvalue weighted by Gasteiger charge is -2.01. The van der Waals surface area contributed by atoms with Crippen LogP contribution >= 0.6 is 11.3 Å². The van der Waals surface area contributed by atoms with Gasteiger partial charge in [0, 0.05) is 23.2 Å². The molecular formula is C17H14FN3OS. The second kappa shape index (κ2) is 6.66. The lowest BCUT2D eigenvalue weighted by atomic mass is 10.1. The molecule has 1 amide bonds. The summed E-state index contributed by atoms with van der Waals surface area (Å²) in [5.74, 6) is -0.534. The summed E-state index contributed by atoms with van der Waals surface area (Å²) in [5.41, 5.74) is 2.14. The molecule has 116 valence electrons. The van der Waals surface area contributed by atoms with Crippen LogP contribution in [0, 0.1) is 12.7 Å². The number of halogens is 1.